The zero-order valence-corrected chi connectivity index (χ0v) is 16.9. The van der Waals surface area contributed by atoms with Gasteiger partial charge < -0.3 is 24.0 Å². The Kier molecular flexibility index (Phi) is 6.07. The highest BCUT2D eigenvalue weighted by Crippen LogP contribution is 2.38. The van der Waals surface area contributed by atoms with E-state index in [2.05, 4.69) is 4.90 Å². The summed E-state index contributed by atoms with van der Waals surface area (Å²) in [7, 11) is 1.67. The molecule has 6 heteroatoms. The molecule has 154 valence electrons. The Morgan fingerprint density at radius 2 is 1.75 bits per heavy atom. The highest BCUT2D eigenvalue weighted by molar-refractivity contribution is 5.78. The van der Waals surface area contributed by atoms with Crippen LogP contribution in [0, 0.1) is 5.92 Å². The van der Waals surface area contributed by atoms with Crippen LogP contribution in [0.25, 0.3) is 0 Å². The van der Waals surface area contributed by atoms with E-state index >= 15 is 0 Å². The first-order valence-corrected chi connectivity index (χ1v) is 10.6. The monoisotopic (exact) mass is 388 g/mol. The van der Waals surface area contributed by atoms with Crippen molar-refractivity contribution in [1.82, 2.24) is 9.80 Å². The molecule has 1 saturated carbocycles. The second-order valence-electron chi connectivity index (χ2n) is 8.34. The predicted molar refractivity (Wildman–Crippen MR) is 106 cm³/mol. The molecule has 0 unspecified atom stereocenters. The molecule has 1 aromatic rings. The van der Waals surface area contributed by atoms with Crippen molar-refractivity contribution in [1.29, 1.82) is 0 Å². The van der Waals surface area contributed by atoms with Crippen LogP contribution in [0.1, 0.15) is 37.7 Å². The average Bonchev–Trinajstić information content (AvgIpc) is 2.99. The standard InChI is InChI=1S/C22H32N2O4/c1-26-20-7-5-19(6-8-20)15-23-17-22(9-11-27-13-14-28-12-10-22)24(21(23)25)16-18-3-2-4-18/h5-8,18H,2-4,9-17H2,1H3. The second-order valence-corrected chi connectivity index (χ2v) is 8.34. The molecule has 3 aliphatic rings. The summed E-state index contributed by atoms with van der Waals surface area (Å²) < 4.78 is 16.8. The number of urea groups is 1. The first-order chi connectivity index (χ1) is 13.7. The first-order valence-electron chi connectivity index (χ1n) is 10.6. The molecule has 1 spiro atoms. The highest BCUT2D eigenvalue weighted by Gasteiger charge is 2.49. The lowest BCUT2D eigenvalue weighted by Crippen LogP contribution is -2.51. The van der Waals surface area contributed by atoms with E-state index in [1.54, 1.807) is 7.11 Å². The Morgan fingerprint density at radius 1 is 1.07 bits per heavy atom. The summed E-state index contributed by atoms with van der Waals surface area (Å²) in [6, 6.07) is 8.17. The fraction of sp³-hybridized carbons (Fsp3) is 0.682. The number of hydrogen-bond acceptors (Lipinski definition) is 4. The van der Waals surface area contributed by atoms with Crippen molar-refractivity contribution in [3.8, 4) is 5.75 Å². The van der Waals surface area contributed by atoms with Crippen LogP contribution in [0.2, 0.25) is 0 Å². The van der Waals surface area contributed by atoms with Gasteiger partial charge in [-0.1, -0.05) is 18.6 Å². The molecule has 4 rings (SSSR count). The molecule has 2 saturated heterocycles. The van der Waals surface area contributed by atoms with Crippen LogP contribution in [-0.2, 0) is 16.0 Å². The van der Waals surface area contributed by atoms with Gasteiger partial charge in [-0.25, -0.2) is 4.79 Å². The lowest BCUT2D eigenvalue weighted by atomic mass is 9.83. The molecular weight excluding hydrogens is 356 g/mol. The third-order valence-corrected chi connectivity index (χ3v) is 6.55. The van der Waals surface area contributed by atoms with Gasteiger partial charge in [-0.05, 0) is 49.3 Å². The Hall–Kier alpha value is -1.79. The van der Waals surface area contributed by atoms with Gasteiger partial charge in [0.15, 0.2) is 0 Å². The molecule has 0 N–H and O–H groups in total. The molecule has 2 heterocycles. The average molecular weight is 389 g/mol. The molecule has 2 aliphatic heterocycles. The molecule has 0 bridgehead atoms. The molecule has 2 amide bonds. The van der Waals surface area contributed by atoms with Crippen LogP contribution >= 0.6 is 0 Å². The minimum atomic E-state index is -0.177. The van der Waals surface area contributed by atoms with E-state index in [1.165, 1.54) is 19.3 Å². The second kappa shape index (κ2) is 8.70. The maximum Gasteiger partial charge on any atom is 0.320 e. The summed E-state index contributed by atoms with van der Waals surface area (Å²) in [5.74, 6) is 1.49. The number of carbonyl (C=O) groups excluding carboxylic acids is 1. The predicted octanol–water partition coefficient (Wildman–Crippen LogP) is 3.30. The van der Waals surface area contributed by atoms with Crippen molar-refractivity contribution < 1.29 is 19.0 Å². The third-order valence-electron chi connectivity index (χ3n) is 6.55. The zero-order valence-electron chi connectivity index (χ0n) is 16.9. The molecule has 1 aromatic carbocycles. The minimum absolute atomic E-state index is 0.168. The van der Waals surface area contributed by atoms with Gasteiger partial charge in [-0.2, -0.15) is 0 Å². The van der Waals surface area contributed by atoms with Crippen LogP contribution in [0.15, 0.2) is 24.3 Å². The fourth-order valence-corrected chi connectivity index (χ4v) is 4.56. The zero-order chi connectivity index (χ0) is 19.4. The van der Waals surface area contributed by atoms with E-state index in [1.807, 2.05) is 29.2 Å². The molecule has 3 fully saturated rings. The smallest absolute Gasteiger partial charge is 0.320 e. The van der Waals surface area contributed by atoms with Crippen molar-refractivity contribution in [3.63, 3.8) is 0 Å². The van der Waals surface area contributed by atoms with Gasteiger partial charge in [0.25, 0.3) is 0 Å². The third kappa shape index (κ3) is 4.13. The van der Waals surface area contributed by atoms with E-state index in [9.17, 15) is 4.79 Å². The fourth-order valence-electron chi connectivity index (χ4n) is 4.56. The SMILES string of the molecule is COc1ccc(CN2CC3(CCOCCOCC3)N(CC3CCC3)C2=O)cc1. The highest BCUT2D eigenvalue weighted by atomic mass is 16.5. The number of benzene rings is 1. The Morgan fingerprint density at radius 3 is 2.32 bits per heavy atom. The topological polar surface area (TPSA) is 51.2 Å². The Bertz CT molecular complexity index is 649. The Labute approximate surface area is 167 Å². The van der Waals surface area contributed by atoms with Gasteiger partial charge in [0, 0.05) is 32.8 Å². The van der Waals surface area contributed by atoms with Gasteiger partial charge in [0.2, 0.25) is 0 Å². The van der Waals surface area contributed by atoms with E-state index in [0.29, 0.717) is 38.9 Å². The lowest BCUT2D eigenvalue weighted by Gasteiger charge is -2.40. The van der Waals surface area contributed by atoms with Crippen molar-refractivity contribution in [2.45, 2.75) is 44.2 Å². The molecule has 1 aliphatic carbocycles. The quantitative estimate of drug-likeness (QED) is 0.777. The molecule has 28 heavy (non-hydrogen) atoms. The number of amides is 2. The van der Waals surface area contributed by atoms with Gasteiger partial charge >= 0.3 is 6.03 Å². The largest absolute Gasteiger partial charge is 0.497 e. The van der Waals surface area contributed by atoms with Crippen LogP contribution in [0.4, 0.5) is 4.79 Å². The maximum absolute atomic E-state index is 13.4. The minimum Gasteiger partial charge on any atom is -0.497 e. The molecule has 6 nitrogen and oxygen atoms in total. The normalized spacial score (nSPS) is 23.2. The van der Waals surface area contributed by atoms with Crippen LogP contribution < -0.4 is 4.74 Å². The summed E-state index contributed by atoms with van der Waals surface area (Å²) in [4.78, 5) is 17.6. The van der Waals surface area contributed by atoms with Crippen LogP contribution in [0.5, 0.6) is 5.75 Å². The Balaban J connectivity index is 1.53. The molecule has 0 atom stereocenters. The van der Waals surface area contributed by atoms with Gasteiger partial charge in [0.05, 0.1) is 25.9 Å². The number of nitrogens with zero attached hydrogens (tertiary/aromatic N) is 2. The molecule has 0 aromatic heterocycles. The van der Waals surface area contributed by atoms with Gasteiger partial charge in [-0.3, -0.25) is 0 Å². The summed E-state index contributed by atoms with van der Waals surface area (Å²) in [6.07, 6.45) is 5.54. The number of carbonyl (C=O) groups is 1. The van der Waals surface area contributed by atoms with E-state index in [0.717, 1.165) is 37.2 Å². The molecular formula is C22H32N2O4. The summed E-state index contributed by atoms with van der Waals surface area (Å²) in [5, 5.41) is 0. The van der Waals surface area contributed by atoms with E-state index in [4.69, 9.17) is 14.2 Å². The van der Waals surface area contributed by atoms with Gasteiger partial charge in [0.1, 0.15) is 5.75 Å². The number of methoxy groups -OCH3 is 1. The summed E-state index contributed by atoms with van der Waals surface area (Å²) in [6.45, 7) is 4.91. The number of rotatable bonds is 5. The lowest BCUT2D eigenvalue weighted by molar-refractivity contribution is 0.0584. The van der Waals surface area contributed by atoms with Gasteiger partial charge in [-0.15, -0.1) is 0 Å². The van der Waals surface area contributed by atoms with Crippen molar-refractivity contribution in [3.05, 3.63) is 29.8 Å². The van der Waals surface area contributed by atoms with E-state index < -0.39 is 0 Å². The summed E-state index contributed by atoms with van der Waals surface area (Å²) >= 11 is 0. The van der Waals surface area contributed by atoms with Crippen LogP contribution in [0.3, 0.4) is 0 Å². The maximum atomic E-state index is 13.4. The molecule has 0 radical (unpaired) electrons. The number of ether oxygens (including phenoxy) is 3. The first kappa shape index (κ1) is 19.5. The van der Waals surface area contributed by atoms with E-state index in [-0.39, 0.29) is 11.6 Å². The van der Waals surface area contributed by atoms with Crippen molar-refractivity contribution >= 4 is 6.03 Å². The summed E-state index contributed by atoms with van der Waals surface area (Å²) in [5.41, 5.74) is 0.953. The van der Waals surface area contributed by atoms with Crippen molar-refractivity contribution in [2.75, 3.05) is 46.6 Å². The van der Waals surface area contributed by atoms with Crippen molar-refractivity contribution in [2.24, 2.45) is 5.92 Å². The van der Waals surface area contributed by atoms with Crippen LogP contribution in [-0.4, -0.2) is 68.0 Å². The number of hydrogen-bond donors (Lipinski definition) is 0.